The summed E-state index contributed by atoms with van der Waals surface area (Å²) in [5.41, 5.74) is 3.07. The van der Waals surface area contributed by atoms with Gasteiger partial charge in [0, 0.05) is 18.0 Å². The third-order valence-electron chi connectivity index (χ3n) is 4.31. The first-order chi connectivity index (χ1) is 10.9. The maximum atomic E-state index is 5.49. The van der Waals surface area contributed by atoms with Crippen molar-refractivity contribution in [2.24, 2.45) is 5.92 Å². The molecule has 0 saturated carbocycles. The summed E-state index contributed by atoms with van der Waals surface area (Å²) in [6, 6.07) is 8.03. The predicted octanol–water partition coefficient (Wildman–Crippen LogP) is 3.08. The molecule has 0 aliphatic carbocycles. The smallest absolute Gasteiger partial charge is 0.128 e. The number of nitrogens with one attached hydrogen (secondary N) is 1. The van der Waals surface area contributed by atoms with Crippen molar-refractivity contribution >= 4 is 0 Å². The lowest BCUT2D eigenvalue weighted by atomic mass is 9.93. The highest BCUT2D eigenvalue weighted by Crippen LogP contribution is 2.31. The van der Waals surface area contributed by atoms with Crippen molar-refractivity contribution < 1.29 is 4.74 Å². The summed E-state index contributed by atoms with van der Waals surface area (Å²) in [5.74, 6) is 1.53. The molecule has 1 N–H and O–H groups in total. The summed E-state index contributed by atoms with van der Waals surface area (Å²) in [6.07, 6.45) is 8.26. The Kier molecular flexibility index (Phi) is 5.01. The van der Waals surface area contributed by atoms with Gasteiger partial charge in [-0.25, -0.2) is 0 Å². The molecule has 0 unspecified atom stereocenters. The molecule has 1 aromatic heterocycles. The highest BCUT2D eigenvalue weighted by molar-refractivity contribution is 5.68. The number of hydrogen-bond donors (Lipinski definition) is 1. The van der Waals surface area contributed by atoms with E-state index in [1.165, 1.54) is 19.3 Å². The zero-order valence-corrected chi connectivity index (χ0v) is 13.1. The Bertz CT molecular complexity index is 607. The molecule has 1 aliphatic rings. The molecule has 0 bridgehead atoms. The molecule has 22 heavy (non-hydrogen) atoms. The number of nitrogens with zero attached hydrogens (tertiary/aromatic N) is 2. The zero-order valence-electron chi connectivity index (χ0n) is 13.1. The van der Waals surface area contributed by atoms with Gasteiger partial charge < -0.3 is 10.1 Å². The summed E-state index contributed by atoms with van der Waals surface area (Å²) in [5, 5.41) is 3.47. The second-order valence-electron chi connectivity index (χ2n) is 5.80. The quantitative estimate of drug-likeness (QED) is 0.942. The highest BCUT2D eigenvalue weighted by atomic mass is 16.5. The van der Waals surface area contributed by atoms with Gasteiger partial charge in [0.05, 0.1) is 18.5 Å². The van der Waals surface area contributed by atoms with E-state index in [-0.39, 0.29) is 0 Å². The Hall–Kier alpha value is -1.94. The molecule has 1 aliphatic heterocycles. The second kappa shape index (κ2) is 7.36. The molecule has 1 atom stereocenters. The van der Waals surface area contributed by atoms with Crippen molar-refractivity contribution in [3.05, 3.63) is 42.4 Å². The Labute approximate surface area is 132 Å². The topological polar surface area (TPSA) is 47.0 Å². The van der Waals surface area contributed by atoms with E-state index in [2.05, 4.69) is 21.4 Å². The normalized spacial score (nSPS) is 18.7. The fourth-order valence-electron chi connectivity index (χ4n) is 3.15. The van der Waals surface area contributed by atoms with Gasteiger partial charge in [0.1, 0.15) is 5.75 Å². The Morgan fingerprint density at radius 1 is 1.14 bits per heavy atom. The van der Waals surface area contributed by atoms with E-state index >= 15 is 0 Å². The summed E-state index contributed by atoms with van der Waals surface area (Å²) in [7, 11) is 1.70. The van der Waals surface area contributed by atoms with Gasteiger partial charge in [0.15, 0.2) is 0 Å². The molecule has 3 rings (SSSR count). The minimum atomic E-state index is 0.681. The van der Waals surface area contributed by atoms with E-state index in [4.69, 9.17) is 4.74 Å². The fourth-order valence-corrected chi connectivity index (χ4v) is 3.15. The molecule has 1 fully saturated rings. The third-order valence-corrected chi connectivity index (χ3v) is 4.31. The number of methoxy groups -OCH3 is 1. The number of para-hydroxylation sites is 1. The molecule has 4 nitrogen and oxygen atoms in total. The van der Waals surface area contributed by atoms with Crippen LogP contribution in [0.2, 0.25) is 0 Å². The molecule has 0 radical (unpaired) electrons. The van der Waals surface area contributed by atoms with E-state index < -0.39 is 0 Å². The molecule has 1 saturated heterocycles. The lowest BCUT2D eigenvalue weighted by Crippen LogP contribution is -2.15. The molecular formula is C18H23N3O. The number of ether oxygens (including phenoxy) is 1. The van der Waals surface area contributed by atoms with Gasteiger partial charge in [-0.15, -0.1) is 0 Å². The summed E-state index contributed by atoms with van der Waals surface area (Å²) in [4.78, 5) is 9.21. The van der Waals surface area contributed by atoms with Crippen LogP contribution in [0.5, 0.6) is 5.75 Å². The molecular weight excluding hydrogens is 274 g/mol. The van der Waals surface area contributed by atoms with Gasteiger partial charge in [-0.3, -0.25) is 9.97 Å². The van der Waals surface area contributed by atoms with Crippen LogP contribution < -0.4 is 10.1 Å². The zero-order chi connectivity index (χ0) is 15.2. The summed E-state index contributed by atoms with van der Waals surface area (Å²) < 4.78 is 5.49. The molecule has 116 valence electrons. The van der Waals surface area contributed by atoms with Crippen LogP contribution in [0.1, 0.15) is 25.0 Å². The molecule has 0 spiro atoms. The average Bonchev–Trinajstić information content (AvgIpc) is 2.84. The van der Waals surface area contributed by atoms with Crippen LogP contribution in [-0.2, 0) is 6.42 Å². The maximum Gasteiger partial charge on any atom is 0.128 e. The van der Waals surface area contributed by atoms with Crippen LogP contribution in [0.4, 0.5) is 0 Å². The third kappa shape index (κ3) is 3.45. The Morgan fingerprint density at radius 3 is 2.91 bits per heavy atom. The van der Waals surface area contributed by atoms with Crippen molar-refractivity contribution in [3.8, 4) is 17.0 Å². The molecule has 0 amide bonds. The van der Waals surface area contributed by atoms with Gasteiger partial charge in [0.2, 0.25) is 0 Å². The van der Waals surface area contributed by atoms with Crippen molar-refractivity contribution in [2.45, 2.75) is 25.7 Å². The van der Waals surface area contributed by atoms with E-state index in [1.807, 2.05) is 18.2 Å². The Morgan fingerprint density at radius 2 is 2.00 bits per heavy atom. The van der Waals surface area contributed by atoms with Crippen molar-refractivity contribution in [3.63, 3.8) is 0 Å². The number of benzene rings is 1. The van der Waals surface area contributed by atoms with Crippen molar-refractivity contribution in [2.75, 3.05) is 20.2 Å². The standard InChI is InChI=1S/C18H23N3O/c1-22-17-7-3-2-6-15(17)18-16(20-11-12-21-18)13-14-5-4-9-19-10-8-14/h2-3,6-7,11-12,14,19H,4-5,8-10,13H2,1H3/t14-/m1/s1. The monoisotopic (exact) mass is 297 g/mol. The molecule has 2 aromatic rings. The lowest BCUT2D eigenvalue weighted by Gasteiger charge is -2.16. The van der Waals surface area contributed by atoms with Gasteiger partial charge in [0.25, 0.3) is 0 Å². The molecule has 2 heterocycles. The van der Waals surface area contributed by atoms with Crippen molar-refractivity contribution in [1.29, 1.82) is 0 Å². The number of aromatic nitrogens is 2. The van der Waals surface area contributed by atoms with E-state index in [1.54, 1.807) is 19.5 Å². The van der Waals surface area contributed by atoms with Gasteiger partial charge in [-0.1, -0.05) is 12.1 Å². The van der Waals surface area contributed by atoms with Crippen LogP contribution in [0.3, 0.4) is 0 Å². The summed E-state index contributed by atoms with van der Waals surface area (Å²) in [6.45, 7) is 2.24. The maximum absolute atomic E-state index is 5.49. The van der Waals surface area contributed by atoms with Crippen molar-refractivity contribution in [1.82, 2.24) is 15.3 Å². The minimum Gasteiger partial charge on any atom is -0.496 e. The van der Waals surface area contributed by atoms with E-state index in [9.17, 15) is 0 Å². The van der Waals surface area contributed by atoms with E-state index in [0.29, 0.717) is 5.92 Å². The predicted molar refractivity (Wildman–Crippen MR) is 87.9 cm³/mol. The fraction of sp³-hybridized carbons (Fsp3) is 0.444. The average molecular weight is 297 g/mol. The molecule has 1 aromatic carbocycles. The first-order valence-electron chi connectivity index (χ1n) is 8.02. The highest BCUT2D eigenvalue weighted by Gasteiger charge is 2.18. The van der Waals surface area contributed by atoms with Crippen LogP contribution in [-0.4, -0.2) is 30.2 Å². The van der Waals surface area contributed by atoms with E-state index in [0.717, 1.165) is 42.2 Å². The Balaban J connectivity index is 1.89. The molecule has 4 heteroatoms. The van der Waals surface area contributed by atoms with Crippen LogP contribution in [0.25, 0.3) is 11.3 Å². The van der Waals surface area contributed by atoms with Crippen LogP contribution in [0, 0.1) is 5.92 Å². The van der Waals surface area contributed by atoms with Crippen LogP contribution >= 0.6 is 0 Å². The largest absolute Gasteiger partial charge is 0.496 e. The lowest BCUT2D eigenvalue weighted by molar-refractivity contribution is 0.416. The minimum absolute atomic E-state index is 0.681. The van der Waals surface area contributed by atoms with Gasteiger partial charge in [-0.05, 0) is 56.8 Å². The number of hydrogen-bond acceptors (Lipinski definition) is 4. The van der Waals surface area contributed by atoms with Gasteiger partial charge in [-0.2, -0.15) is 0 Å². The van der Waals surface area contributed by atoms with Gasteiger partial charge >= 0.3 is 0 Å². The van der Waals surface area contributed by atoms with Crippen LogP contribution in [0.15, 0.2) is 36.7 Å². The first kappa shape index (κ1) is 15.0. The second-order valence-corrected chi connectivity index (χ2v) is 5.80. The SMILES string of the molecule is COc1ccccc1-c1nccnc1C[C@@H]1CCCNCC1. The number of rotatable bonds is 4. The summed E-state index contributed by atoms with van der Waals surface area (Å²) >= 11 is 0. The first-order valence-corrected chi connectivity index (χ1v) is 8.02.